The first kappa shape index (κ1) is 14.4. The van der Waals surface area contributed by atoms with Crippen LogP contribution in [0.4, 0.5) is 0 Å². The van der Waals surface area contributed by atoms with Crippen molar-refractivity contribution < 1.29 is 34.1 Å². The molecule has 18 heavy (non-hydrogen) atoms. The second-order valence-electron chi connectivity index (χ2n) is 4.47. The minimum Gasteiger partial charge on any atom is -0.481 e. The van der Waals surface area contributed by atoms with Crippen molar-refractivity contribution in [2.24, 2.45) is 5.41 Å². The van der Waals surface area contributed by atoms with E-state index in [0.29, 0.717) is 0 Å². The summed E-state index contributed by atoms with van der Waals surface area (Å²) in [6.45, 7) is 2.06. The van der Waals surface area contributed by atoms with Crippen LogP contribution in [0.3, 0.4) is 0 Å². The van der Waals surface area contributed by atoms with Crippen LogP contribution in [0.1, 0.15) is 13.8 Å². The first-order chi connectivity index (χ1) is 8.24. The van der Waals surface area contributed by atoms with Crippen LogP contribution in [0.15, 0.2) is 5.57 Å². The molecule has 0 radical (unpaired) electrons. The topological polar surface area (TPSA) is 110 Å². The van der Waals surface area contributed by atoms with Crippen LogP contribution in [-0.4, -0.2) is 53.5 Å². The van der Waals surface area contributed by atoms with Crippen molar-refractivity contribution in [3.05, 3.63) is 5.57 Å². The monoisotopic (exact) mass is 258 g/mol. The number of carboxylic acid groups (broad SMARTS) is 2. The normalized spacial score (nSPS) is 35.9. The molecule has 3 unspecified atom stereocenters. The molecule has 1 fully saturated rings. The minimum atomic E-state index is -1.81. The second kappa shape index (κ2) is 4.53. The number of carbonyl (C=O) groups excluding carboxylic acids is 1. The van der Waals surface area contributed by atoms with Gasteiger partial charge >= 0.3 is 11.9 Å². The van der Waals surface area contributed by atoms with E-state index in [1.165, 1.54) is 26.9 Å². The van der Waals surface area contributed by atoms with Gasteiger partial charge < -0.3 is 19.7 Å². The number of hydrogen-bond donors (Lipinski definition) is 2. The smallest absolute Gasteiger partial charge is 0.338 e. The molecule has 1 saturated heterocycles. The number of carboxylic acids is 2. The first-order valence-electron chi connectivity index (χ1n) is 5.13. The summed E-state index contributed by atoms with van der Waals surface area (Å²) in [7, 11) is 1.18. The van der Waals surface area contributed by atoms with Gasteiger partial charge in [-0.1, -0.05) is 0 Å². The third-order valence-corrected chi connectivity index (χ3v) is 3.26. The zero-order chi connectivity index (χ0) is 14.1. The maximum atomic E-state index is 11.2. The largest absolute Gasteiger partial charge is 0.481 e. The number of aliphatic carboxylic acids is 2. The highest BCUT2D eigenvalue weighted by atomic mass is 16.6. The van der Waals surface area contributed by atoms with Crippen molar-refractivity contribution in [2.45, 2.75) is 25.6 Å². The zero-order valence-corrected chi connectivity index (χ0v) is 10.2. The molecule has 0 saturated carbocycles. The van der Waals surface area contributed by atoms with Crippen molar-refractivity contribution in [3.63, 3.8) is 0 Å². The molecule has 0 aliphatic carbocycles. The molecule has 0 aromatic heterocycles. The lowest BCUT2D eigenvalue weighted by atomic mass is 9.73. The summed E-state index contributed by atoms with van der Waals surface area (Å²) in [5.74, 6) is -1.13. The van der Waals surface area contributed by atoms with Crippen molar-refractivity contribution in [2.75, 3.05) is 13.7 Å². The summed E-state index contributed by atoms with van der Waals surface area (Å²) in [5, 5.41) is 18.3. The Labute approximate surface area is 103 Å². The molecule has 100 valence electrons. The van der Waals surface area contributed by atoms with Crippen molar-refractivity contribution in [3.8, 4) is 0 Å². The van der Waals surface area contributed by atoms with Gasteiger partial charge in [-0.15, -0.1) is 0 Å². The van der Waals surface area contributed by atoms with E-state index in [4.69, 9.17) is 19.7 Å². The average molecular weight is 258 g/mol. The fraction of sp³-hybridized carbons (Fsp3) is 0.636. The third-order valence-electron chi connectivity index (χ3n) is 3.26. The highest BCUT2D eigenvalue weighted by molar-refractivity contribution is 5.87. The Morgan fingerprint density at radius 3 is 2.28 bits per heavy atom. The van der Waals surface area contributed by atoms with Gasteiger partial charge in [0.2, 0.25) is 0 Å². The summed E-state index contributed by atoms with van der Waals surface area (Å²) in [5.41, 5.74) is -3.72. The molecule has 7 heteroatoms. The zero-order valence-electron chi connectivity index (χ0n) is 10.2. The van der Waals surface area contributed by atoms with Gasteiger partial charge in [0.25, 0.3) is 0 Å². The fourth-order valence-corrected chi connectivity index (χ4v) is 1.87. The Morgan fingerprint density at radius 2 is 1.94 bits per heavy atom. The van der Waals surface area contributed by atoms with Gasteiger partial charge in [-0.3, -0.25) is 4.79 Å². The van der Waals surface area contributed by atoms with Crippen molar-refractivity contribution in [1.29, 1.82) is 0 Å². The molecule has 0 aromatic rings. The molecule has 0 bridgehead atoms. The van der Waals surface area contributed by atoms with Crippen LogP contribution >= 0.6 is 0 Å². The van der Waals surface area contributed by atoms with Gasteiger partial charge in [-0.25, -0.2) is 9.59 Å². The molecule has 1 rings (SSSR count). The van der Waals surface area contributed by atoms with E-state index < -0.39 is 35.7 Å². The maximum Gasteiger partial charge on any atom is 0.338 e. The lowest BCUT2D eigenvalue weighted by molar-refractivity contribution is -0.201. The van der Waals surface area contributed by atoms with Gasteiger partial charge in [0.05, 0.1) is 12.2 Å². The van der Waals surface area contributed by atoms with Crippen LogP contribution < -0.4 is 0 Å². The van der Waals surface area contributed by atoms with E-state index in [1.807, 2.05) is 0 Å². The Hall–Kier alpha value is -1.69. The average Bonchev–Trinajstić information content (AvgIpc) is 2.31. The number of carbonyl (C=O) groups is 2. The standard InChI is InChI=1S/C11H14O7/c1-10(8(13)14)5-18-11(2,9(15)16)7(17-3)6(10)4-12/h7H,5H2,1-3H3,(H,13,14)(H,15,16). The molecule has 1 aliphatic rings. The third kappa shape index (κ3) is 1.82. The molecular formula is C11H14O7. The van der Waals surface area contributed by atoms with Crippen molar-refractivity contribution >= 4 is 17.9 Å². The predicted octanol–water partition coefficient (Wildman–Crippen LogP) is -0.276. The highest BCUT2D eigenvalue weighted by Crippen LogP contribution is 2.41. The molecule has 0 aromatic carbocycles. The summed E-state index contributed by atoms with van der Waals surface area (Å²) in [6, 6.07) is 0. The summed E-state index contributed by atoms with van der Waals surface area (Å²) in [4.78, 5) is 33.4. The van der Waals surface area contributed by atoms with Crippen molar-refractivity contribution in [1.82, 2.24) is 0 Å². The van der Waals surface area contributed by atoms with E-state index in [9.17, 15) is 14.4 Å². The van der Waals surface area contributed by atoms with Gasteiger partial charge in [-0.2, -0.15) is 0 Å². The Bertz CT molecular complexity index is 437. The lowest BCUT2D eigenvalue weighted by Gasteiger charge is -2.43. The van der Waals surface area contributed by atoms with E-state index in [2.05, 4.69) is 0 Å². The molecule has 1 aliphatic heterocycles. The predicted molar refractivity (Wildman–Crippen MR) is 57.7 cm³/mol. The van der Waals surface area contributed by atoms with Gasteiger partial charge in [0.1, 0.15) is 17.5 Å². The van der Waals surface area contributed by atoms with Crippen LogP contribution in [0, 0.1) is 5.41 Å². The molecule has 1 heterocycles. The number of methoxy groups -OCH3 is 1. The Morgan fingerprint density at radius 1 is 1.39 bits per heavy atom. The lowest BCUT2D eigenvalue weighted by Crippen LogP contribution is -2.60. The molecule has 3 atom stereocenters. The van der Waals surface area contributed by atoms with Gasteiger partial charge in [-0.05, 0) is 13.8 Å². The Balaban J connectivity index is 3.36. The maximum absolute atomic E-state index is 11.2. The number of ether oxygens (including phenoxy) is 2. The molecule has 0 amide bonds. The first-order valence-corrected chi connectivity index (χ1v) is 5.13. The van der Waals surface area contributed by atoms with Gasteiger partial charge in [0.15, 0.2) is 5.60 Å². The van der Waals surface area contributed by atoms with Gasteiger partial charge in [0, 0.05) is 7.11 Å². The molecule has 0 spiro atoms. The number of hydrogen-bond acceptors (Lipinski definition) is 5. The van der Waals surface area contributed by atoms with E-state index in [0.717, 1.165) is 0 Å². The molecular weight excluding hydrogens is 244 g/mol. The Kier molecular flexibility index (Phi) is 3.62. The summed E-state index contributed by atoms with van der Waals surface area (Å²) < 4.78 is 10.1. The minimum absolute atomic E-state index is 0.270. The summed E-state index contributed by atoms with van der Waals surface area (Å²) in [6.07, 6.45) is -1.30. The van der Waals surface area contributed by atoms with Crippen LogP contribution in [0.25, 0.3) is 0 Å². The second-order valence-corrected chi connectivity index (χ2v) is 4.47. The number of rotatable bonds is 3. The van der Waals surface area contributed by atoms with Crippen LogP contribution in [-0.2, 0) is 23.9 Å². The molecule has 7 nitrogen and oxygen atoms in total. The van der Waals surface area contributed by atoms with E-state index in [-0.39, 0.29) is 5.57 Å². The van der Waals surface area contributed by atoms with E-state index >= 15 is 0 Å². The van der Waals surface area contributed by atoms with Crippen LogP contribution in [0.2, 0.25) is 0 Å². The highest BCUT2D eigenvalue weighted by Gasteiger charge is 2.58. The SMILES string of the molecule is COC1C(=C=O)C(C)(C(=O)O)COC1(C)C(=O)O. The fourth-order valence-electron chi connectivity index (χ4n) is 1.87. The quantitative estimate of drug-likeness (QED) is 0.670. The summed E-state index contributed by atoms with van der Waals surface area (Å²) >= 11 is 0. The van der Waals surface area contributed by atoms with Crippen LogP contribution in [0.5, 0.6) is 0 Å². The molecule has 2 N–H and O–H groups in total. The van der Waals surface area contributed by atoms with E-state index in [1.54, 1.807) is 0 Å².